The van der Waals surface area contributed by atoms with Crippen molar-refractivity contribution in [2.24, 2.45) is 0 Å². The minimum Gasteiger partial charge on any atom is -0.481 e. The number of amides is 2. The first-order valence-corrected chi connectivity index (χ1v) is 15.8. The largest absolute Gasteiger partial charge is 0.481 e. The van der Waals surface area contributed by atoms with Gasteiger partial charge in [0.1, 0.15) is 5.75 Å². The number of benzene rings is 4. The van der Waals surface area contributed by atoms with Crippen molar-refractivity contribution in [3.8, 4) is 17.2 Å². The standard InChI is InChI=1S/C33H28F3N2O7P/c34-33(35,36)32(27-17-29-30(42-21-41-29)18-28(27)37-31(39)38-32)15-14-23-12-7-13-26(16-23)43-22-46(40,44-19-24-8-3-1-4-9-24)45-20-25-10-5-2-6-11-25/h1-18H,19-22H2,(H2,37,38,39)/t32-/m0/s1. The molecule has 9 nitrogen and oxygen atoms in total. The summed E-state index contributed by atoms with van der Waals surface area (Å²) >= 11 is 0. The summed E-state index contributed by atoms with van der Waals surface area (Å²) in [6.07, 6.45) is -3.30. The van der Waals surface area contributed by atoms with Crippen molar-refractivity contribution in [3.63, 3.8) is 0 Å². The van der Waals surface area contributed by atoms with Gasteiger partial charge in [0.05, 0.1) is 18.9 Å². The third kappa shape index (κ3) is 6.89. The monoisotopic (exact) mass is 652 g/mol. The highest BCUT2D eigenvalue weighted by Crippen LogP contribution is 2.51. The van der Waals surface area contributed by atoms with Gasteiger partial charge in [-0.2, -0.15) is 13.2 Å². The van der Waals surface area contributed by atoms with Crippen molar-refractivity contribution < 1.29 is 45.8 Å². The molecule has 6 rings (SSSR count). The lowest BCUT2D eigenvalue weighted by Gasteiger charge is -2.39. The van der Waals surface area contributed by atoms with E-state index < -0.39 is 31.7 Å². The SMILES string of the molecule is O=C1Nc2cc3c(cc2[C@@](C=Cc2cccc(OCP(=O)(OCc4ccccc4)OCc4ccccc4)c2)(C(F)(F)F)N1)OCO3. The van der Waals surface area contributed by atoms with Gasteiger partial charge in [-0.15, -0.1) is 0 Å². The van der Waals surface area contributed by atoms with Gasteiger partial charge in [0.25, 0.3) is 0 Å². The second-order valence-electron chi connectivity index (χ2n) is 10.4. The zero-order chi connectivity index (χ0) is 32.2. The molecule has 238 valence electrons. The Labute approximate surface area is 262 Å². The maximum atomic E-state index is 14.8. The Morgan fingerprint density at radius 1 is 0.848 bits per heavy atom. The molecule has 0 aliphatic carbocycles. The van der Waals surface area contributed by atoms with E-state index in [9.17, 15) is 22.5 Å². The molecule has 2 heterocycles. The van der Waals surface area contributed by atoms with E-state index in [4.69, 9.17) is 23.3 Å². The van der Waals surface area contributed by atoms with Crippen molar-refractivity contribution in [2.75, 3.05) is 18.5 Å². The van der Waals surface area contributed by atoms with E-state index in [2.05, 4.69) is 5.32 Å². The van der Waals surface area contributed by atoms with Crippen LogP contribution in [-0.4, -0.2) is 25.3 Å². The Kier molecular flexibility index (Phi) is 8.77. The molecule has 0 bridgehead atoms. The molecule has 1 atom stereocenters. The molecule has 0 radical (unpaired) electrons. The van der Waals surface area contributed by atoms with Gasteiger partial charge in [-0.1, -0.05) is 78.9 Å². The third-order valence-electron chi connectivity index (χ3n) is 7.26. The lowest BCUT2D eigenvalue weighted by molar-refractivity contribution is -0.181. The average molecular weight is 653 g/mol. The van der Waals surface area contributed by atoms with Gasteiger partial charge < -0.3 is 33.9 Å². The molecule has 2 aliphatic heterocycles. The van der Waals surface area contributed by atoms with Crippen LogP contribution in [0.5, 0.6) is 17.2 Å². The summed E-state index contributed by atoms with van der Waals surface area (Å²) in [5.74, 6) is 0.569. The first kappa shape index (κ1) is 31.2. The molecule has 0 spiro atoms. The fourth-order valence-corrected chi connectivity index (χ4v) is 6.13. The van der Waals surface area contributed by atoms with Gasteiger partial charge in [-0.25, -0.2) is 4.79 Å². The second-order valence-corrected chi connectivity index (χ2v) is 12.4. The Morgan fingerprint density at radius 2 is 1.48 bits per heavy atom. The summed E-state index contributed by atoms with van der Waals surface area (Å²) in [4.78, 5) is 12.4. The molecule has 0 saturated carbocycles. The Balaban J connectivity index is 1.23. The van der Waals surface area contributed by atoms with Gasteiger partial charge in [0.15, 0.2) is 23.4 Å². The Bertz CT molecular complexity index is 1740. The third-order valence-corrected chi connectivity index (χ3v) is 8.75. The van der Waals surface area contributed by atoms with E-state index in [1.807, 2.05) is 66.0 Å². The quantitative estimate of drug-likeness (QED) is 0.158. The van der Waals surface area contributed by atoms with Gasteiger partial charge in [-0.3, -0.25) is 4.57 Å². The van der Waals surface area contributed by atoms with E-state index in [-0.39, 0.29) is 48.5 Å². The summed E-state index contributed by atoms with van der Waals surface area (Å²) in [5.41, 5.74) is -1.32. The molecule has 0 saturated heterocycles. The molecular formula is C33H28F3N2O7P. The number of ether oxygens (including phenoxy) is 3. The number of carbonyl (C=O) groups excluding carboxylic acids is 1. The van der Waals surface area contributed by atoms with Crippen molar-refractivity contribution in [3.05, 3.63) is 125 Å². The molecule has 2 aliphatic rings. The van der Waals surface area contributed by atoms with Gasteiger partial charge in [0, 0.05) is 11.6 Å². The van der Waals surface area contributed by atoms with Gasteiger partial charge in [-0.05, 0) is 41.0 Å². The zero-order valence-corrected chi connectivity index (χ0v) is 25.1. The number of nitrogens with one attached hydrogen (secondary N) is 2. The van der Waals surface area contributed by atoms with Gasteiger partial charge in [0.2, 0.25) is 6.79 Å². The topological polar surface area (TPSA) is 104 Å². The molecule has 0 aromatic heterocycles. The summed E-state index contributed by atoms with van der Waals surface area (Å²) < 4.78 is 86.0. The van der Waals surface area contributed by atoms with E-state index >= 15 is 0 Å². The number of rotatable bonds is 11. The van der Waals surface area contributed by atoms with Crippen LogP contribution in [0.25, 0.3) is 6.08 Å². The summed E-state index contributed by atoms with van der Waals surface area (Å²) in [6, 6.07) is 26.0. The highest BCUT2D eigenvalue weighted by molar-refractivity contribution is 7.53. The number of fused-ring (bicyclic) bond motifs is 2. The van der Waals surface area contributed by atoms with Crippen molar-refractivity contribution >= 4 is 25.4 Å². The van der Waals surface area contributed by atoms with E-state index in [0.717, 1.165) is 17.2 Å². The lowest BCUT2D eigenvalue weighted by atomic mass is 9.85. The fourth-order valence-electron chi connectivity index (χ4n) is 4.91. The number of hydrogen-bond donors (Lipinski definition) is 2. The van der Waals surface area contributed by atoms with Gasteiger partial charge >= 0.3 is 19.8 Å². The van der Waals surface area contributed by atoms with Crippen LogP contribution in [0.1, 0.15) is 22.3 Å². The minimum atomic E-state index is -4.93. The predicted molar refractivity (Wildman–Crippen MR) is 163 cm³/mol. The van der Waals surface area contributed by atoms with Crippen molar-refractivity contribution in [1.82, 2.24) is 5.32 Å². The molecule has 2 N–H and O–H groups in total. The van der Waals surface area contributed by atoms with Crippen molar-refractivity contribution in [2.45, 2.75) is 24.9 Å². The predicted octanol–water partition coefficient (Wildman–Crippen LogP) is 7.98. The summed E-state index contributed by atoms with van der Waals surface area (Å²) in [5, 5.41) is 4.45. The Hall–Kier alpha value is -4.77. The van der Waals surface area contributed by atoms with Crippen LogP contribution in [0.15, 0.2) is 103 Å². The smallest absolute Gasteiger partial charge is 0.419 e. The van der Waals surface area contributed by atoms with Crippen LogP contribution < -0.4 is 24.8 Å². The molecule has 0 unspecified atom stereocenters. The lowest BCUT2D eigenvalue weighted by Crippen LogP contribution is -2.58. The number of anilines is 1. The first-order chi connectivity index (χ1) is 22.1. The van der Waals surface area contributed by atoms with Crippen LogP contribution >= 0.6 is 7.60 Å². The number of alkyl halides is 3. The van der Waals surface area contributed by atoms with Crippen LogP contribution in [0.4, 0.5) is 23.7 Å². The maximum absolute atomic E-state index is 14.8. The molecule has 46 heavy (non-hydrogen) atoms. The molecule has 13 heteroatoms. The van der Waals surface area contributed by atoms with Crippen molar-refractivity contribution in [1.29, 1.82) is 0 Å². The summed E-state index contributed by atoms with van der Waals surface area (Å²) in [6.45, 7) is -0.120. The highest BCUT2D eigenvalue weighted by atomic mass is 31.2. The fraction of sp³-hybridized carbons (Fsp3) is 0.182. The van der Waals surface area contributed by atoms with E-state index in [1.54, 1.807) is 18.2 Å². The van der Waals surface area contributed by atoms with E-state index in [1.165, 1.54) is 24.3 Å². The second kappa shape index (κ2) is 12.9. The molecular weight excluding hydrogens is 624 g/mol. The molecule has 4 aromatic rings. The highest BCUT2D eigenvalue weighted by Gasteiger charge is 2.58. The van der Waals surface area contributed by atoms with Crippen LogP contribution in [0.3, 0.4) is 0 Å². The van der Waals surface area contributed by atoms with E-state index in [0.29, 0.717) is 5.56 Å². The molecule has 0 fully saturated rings. The number of hydrogen-bond acceptors (Lipinski definition) is 7. The van der Waals surface area contributed by atoms with Crippen LogP contribution in [-0.2, 0) is 32.4 Å². The Morgan fingerprint density at radius 3 is 2.11 bits per heavy atom. The maximum Gasteiger partial charge on any atom is 0.419 e. The van der Waals surface area contributed by atoms with Crippen LogP contribution in [0, 0.1) is 0 Å². The summed E-state index contributed by atoms with van der Waals surface area (Å²) in [7, 11) is -3.82. The average Bonchev–Trinajstić information content (AvgIpc) is 3.52. The number of urea groups is 1. The first-order valence-electron chi connectivity index (χ1n) is 14.1. The number of carbonyl (C=O) groups is 1. The van der Waals surface area contributed by atoms with Crippen LogP contribution in [0.2, 0.25) is 0 Å². The minimum absolute atomic E-state index is 0.0149. The number of halogens is 3. The normalized spacial score (nSPS) is 17.3. The molecule has 2 amide bonds. The molecule has 4 aromatic carbocycles. The zero-order valence-electron chi connectivity index (χ0n) is 24.2.